The second-order valence-electron chi connectivity index (χ2n) is 5.25. The van der Waals surface area contributed by atoms with E-state index in [0.29, 0.717) is 5.92 Å². The van der Waals surface area contributed by atoms with Crippen LogP contribution in [0, 0.1) is 5.92 Å². The molecule has 1 aromatic carbocycles. The predicted molar refractivity (Wildman–Crippen MR) is 75.0 cm³/mol. The minimum atomic E-state index is -1.60. The van der Waals surface area contributed by atoms with Crippen LogP contribution in [0.1, 0.15) is 19.8 Å². The molecule has 2 atom stereocenters. The molecule has 0 aromatic heterocycles. The molecule has 0 bridgehead atoms. The van der Waals surface area contributed by atoms with Crippen LogP contribution < -0.4 is 5.19 Å². The van der Waals surface area contributed by atoms with Crippen LogP contribution >= 0.6 is 0 Å². The van der Waals surface area contributed by atoms with Crippen molar-refractivity contribution in [2.75, 3.05) is 0 Å². The Balaban J connectivity index is 2.46. The number of allylic oxidation sites excluding steroid dienone is 2. The third-order valence-corrected chi connectivity index (χ3v) is 9.04. The van der Waals surface area contributed by atoms with E-state index in [2.05, 4.69) is 43.8 Å². The van der Waals surface area contributed by atoms with Crippen molar-refractivity contribution in [2.45, 2.75) is 32.4 Å². The van der Waals surface area contributed by atoms with Crippen molar-refractivity contribution < 1.29 is 4.79 Å². The Morgan fingerprint density at radius 2 is 2.00 bits per heavy atom. The van der Waals surface area contributed by atoms with Gasteiger partial charge in [-0.1, -0.05) is 60.6 Å². The molecule has 1 nitrogen and oxygen atoms in total. The van der Waals surface area contributed by atoms with E-state index in [4.69, 9.17) is 0 Å². The number of hydrogen-bond acceptors (Lipinski definition) is 1. The Bertz CT molecular complexity index is 424. The average Bonchev–Trinajstić information content (AvgIpc) is 2.35. The second-order valence-corrected chi connectivity index (χ2v) is 9.57. The van der Waals surface area contributed by atoms with Gasteiger partial charge in [0, 0.05) is 0 Å². The lowest BCUT2D eigenvalue weighted by molar-refractivity contribution is -0.104. The molecule has 1 aliphatic rings. The molecule has 0 aliphatic carbocycles. The molecule has 1 aliphatic heterocycles. The Morgan fingerprint density at radius 1 is 1.29 bits per heavy atom. The van der Waals surface area contributed by atoms with Gasteiger partial charge in [-0.25, -0.2) is 0 Å². The molecule has 2 heteroatoms. The zero-order valence-corrected chi connectivity index (χ0v) is 11.6. The van der Waals surface area contributed by atoms with Gasteiger partial charge in [0.05, 0.1) is 0 Å². The monoisotopic (exact) mass is 244 g/mol. The molecular weight excluding hydrogens is 224 g/mol. The first-order valence-corrected chi connectivity index (χ1v) is 9.10. The van der Waals surface area contributed by atoms with Gasteiger partial charge >= 0.3 is 0 Å². The maximum absolute atomic E-state index is 10.9. The van der Waals surface area contributed by atoms with Gasteiger partial charge in [-0.15, -0.1) is 0 Å². The van der Waals surface area contributed by atoms with E-state index < -0.39 is 8.07 Å². The van der Waals surface area contributed by atoms with Crippen molar-refractivity contribution in [1.29, 1.82) is 0 Å². The van der Waals surface area contributed by atoms with Gasteiger partial charge < -0.3 is 0 Å². The molecule has 0 unspecified atom stereocenters. The number of hydrogen-bond donors (Lipinski definition) is 0. The highest BCUT2D eigenvalue weighted by atomic mass is 28.3. The molecule has 0 N–H and O–H groups in total. The molecule has 1 fully saturated rings. The first kappa shape index (κ1) is 12.3. The van der Waals surface area contributed by atoms with Gasteiger partial charge in [0.1, 0.15) is 14.4 Å². The molecule has 2 rings (SSSR count). The van der Waals surface area contributed by atoms with E-state index in [1.165, 1.54) is 29.3 Å². The van der Waals surface area contributed by atoms with Gasteiger partial charge in [-0.05, 0) is 24.5 Å². The number of carbonyl (C=O) groups excluding carboxylic acids is 1. The normalized spacial score (nSPS) is 31.4. The van der Waals surface area contributed by atoms with Gasteiger partial charge in [-0.3, -0.25) is 4.79 Å². The summed E-state index contributed by atoms with van der Waals surface area (Å²) in [5.74, 6) is 0.575. The fourth-order valence-electron chi connectivity index (χ4n) is 3.14. The van der Waals surface area contributed by atoms with E-state index in [1.807, 2.05) is 6.08 Å². The van der Waals surface area contributed by atoms with Crippen LogP contribution in [0.4, 0.5) is 0 Å². The Morgan fingerprint density at radius 3 is 2.65 bits per heavy atom. The summed E-state index contributed by atoms with van der Waals surface area (Å²) in [6.45, 7) is 4.68. The standard InChI is InChI=1S/C15H20OSi/c1-13-7-6-12-17(2,15(13)10-11-16)14-8-4-3-5-9-14/h3-5,8-11,13H,6-7,12H2,1-2H3/b15-10-/t13-,17+/m0/s1. The van der Waals surface area contributed by atoms with E-state index >= 15 is 0 Å². The SMILES string of the molecule is C[C@H]1CCC[Si@](C)(c2ccccc2)/C1=C\C=O. The summed E-state index contributed by atoms with van der Waals surface area (Å²) in [6.07, 6.45) is 5.36. The molecule has 0 spiro atoms. The van der Waals surface area contributed by atoms with Crippen LogP contribution in [0.3, 0.4) is 0 Å². The maximum atomic E-state index is 10.9. The summed E-state index contributed by atoms with van der Waals surface area (Å²) < 4.78 is 0. The lowest BCUT2D eigenvalue weighted by atomic mass is 10.0. The third-order valence-electron chi connectivity index (χ3n) is 4.14. The Kier molecular flexibility index (Phi) is 3.62. The zero-order valence-electron chi connectivity index (χ0n) is 10.6. The maximum Gasteiger partial charge on any atom is 0.142 e. The summed E-state index contributed by atoms with van der Waals surface area (Å²) in [7, 11) is -1.60. The van der Waals surface area contributed by atoms with E-state index in [0.717, 1.165) is 6.29 Å². The fraction of sp³-hybridized carbons (Fsp3) is 0.400. The van der Waals surface area contributed by atoms with Crippen molar-refractivity contribution >= 4 is 19.5 Å². The highest BCUT2D eigenvalue weighted by Gasteiger charge is 2.38. The Labute approximate surface area is 105 Å². The number of aldehydes is 1. The van der Waals surface area contributed by atoms with Crippen molar-refractivity contribution in [1.82, 2.24) is 0 Å². The van der Waals surface area contributed by atoms with Gasteiger partial charge in [0.2, 0.25) is 0 Å². The van der Waals surface area contributed by atoms with Crippen LogP contribution in [0.15, 0.2) is 41.6 Å². The average molecular weight is 244 g/mol. The molecule has 0 radical (unpaired) electrons. The number of rotatable bonds is 2. The van der Waals surface area contributed by atoms with E-state index in [1.54, 1.807) is 0 Å². The summed E-state index contributed by atoms with van der Waals surface area (Å²) in [5, 5.41) is 2.91. The summed E-state index contributed by atoms with van der Waals surface area (Å²) >= 11 is 0. The topological polar surface area (TPSA) is 17.1 Å². The van der Waals surface area contributed by atoms with Crippen molar-refractivity contribution in [2.24, 2.45) is 5.92 Å². The molecule has 90 valence electrons. The minimum absolute atomic E-state index is 0.575. The highest BCUT2D eigenvalue weighted by Crippen LogP contribution is 2.36. The molecule has 1 saturated heterocycles. The zero-order chi connectivity index (χ0) is 12.3. The van der Waals surface area contributed by atoms with Crippen molar-refractivity contribution in [3.8, 4) is 0 Å². The smallest absolute Gasteiger partial charge is 0.142 e. The molecule has 17 heavy (non-hydrogen) atoms. The second kappa shape index (κ2) is 5.01. The summed E-state index contributed by atoms with van der Waals surface area (Å²) in [5.41, 5.74) is 0. The van der Waals surface area contributed by atoms with Crippen LogP contribution in [0.5, 0.6) is 0 Å². The largest absolute Gasteiger partial charge is 0.299 e. The van der Waals surface area contributed by atoms with Gasteiger partial charge in [0.15, 0.2) is 0 Å². The lowest BCUT2D eigenvalue weighted by Crippen LogP contribution is -2.50. The predicted octanol–water partition coefficient (Wildman–Crippen LogP) is 3.07. The van der Waals surface area contributed by atoms with Gasteiger partial charge in [0.25, 0.3) is 0 Å². The quantitative estimate of drug-likeness (QED) is 0.444. The fourth-order valence-corrected chi connectivity index (χ4v) is 7.56. The highest BCUT2D eigenvalue weighted by molar-refractivity contribution is 6.97. The number of benzene rings is 1. The van der Waals surface area contributed by atoms with Crippen LogP contribution in [0.25, 0.3) is 0 Å². The van der Waals surface area contributed by atoms with Crippen LogP contribution in [-0.4, -0.2) is 14.4 Å². The lowest BCUT2D eigenvalue weighted by Gasteiger charge is -2.38. The molecule has 1 aromatic rings. The van der Waals surface area contributed by atoms with E-state index in [-0.39, 0.29) is 0 Å². The van der Waals surface area contributed by atoms with Crippen molar-refractivity contribution in [3.63, 3.8) is 0 Å². The number of carbonyl (C=O) groups is 1. The summed E-state index contributed by atoms with van der Waals surface area (Å²) in [4.78, 5) is 10.9. The first-order valence-electron chi connectivity index (χ1n) is 6.40. The molecule has 1 heterocycles. The summed E-state index contributed by atoms with van der Waals surface area (Å²) in [6, 6.07) is 12.1. The minimum Gasteiger partial charge on any atom is -0.299 e. The third kappa shape index (κ3) is 2.27. The van der Waals surface area contributed by atoms with Crippen LogP contribution in [0.2, 0.25) is 12.6 Å². The molecule has 0 amide bonds. The van der Waals surface area contributed by atoms with Crippen molar-refractivity contribution in [3.05, 3.63) is 41.6 Å². The van der Waals surface area contributed by atoms with Gasteiger partial charge in [-0.2, -0.15) is 0 Å². The first-order chi connectivity index (χ1) is 8.18. The van der Waals surface area contributed by atoms with Crippen LogP contribution in [-0.2, 0) is 4.79 Å². The Hall–Kier alpha value is -1.15. The molecular formula is C15H20OSi. The molecule has 0 saturated carbocycles. The van der Waals surface area contributed by atoms with E-state index in [9.17, 15) is 4.79 Å².